The Morgan fingerprint density at radius 2 is 0.957 bits per heavy atom. The number of fused-ring (bicyclic) bond motifs is 2. The molecule has 0 fully saturated rings. The largest absolute Gasteiger partial charge is 4.00 e. The molecule has 0 aliphatic carbocycles. The summed E-state index contributed by atoms with van der Waals surface area (Å²) in [6, 6.07) is 29.3. The van der Waals surface area contributed by atoms with Gasteiger partial charge in [-0.2, -0.15) is 35.0 Å². The molecular formula is C21H23HfSi. The number of hydrogen-bond acceptors (Lipinski definition) is 0. The van der Waals surface area contributed by atoms with Gasteiger partial charge in [0.05, 0.1) is 0 Å². The molecule has 2 heteroatoms. The van der Waals surface area contributed by atoms with Gasteiger partial charge >= 0.3 is 25.8 Å². The smallest absolute Gasteiger partial charge is 0.358 e. The Morgan fingerprint density at radius 3 is 1.30 bits per heavy atom. The van der Waals surface area contributed by atoms with E-state index in [0.717, 1.165) is 0 Å². The van der Waals surface area contributed by atoms with Gasteiger partial charge < -0.3 is 14.9 Å². The third-order valence-corrected chi connectivity index (χ3v) is 3.10. The maximum Gasteiger partial charge on any atom is 4.00 e. The summed E-state index contributed by atoms with van der Waals surface area (Å²) < 4.78 is 0. The van der Waals surface area contributed by atoms with Gasteiger partial charge in [-0.15, -0.1) is 59.3 Å². The first kappa shape index (κ1) is 24.0. The zero-order valence-electron chi connectivity index (χ0n) is 14.1. The van der Waals surface area contributed by atoms with E-state index in [2.05, 4.69) is 95.2 Å². The SMILES string of the molecule is C[Si].[CH3-].[CH3-].[Hf+4].c1ccc2[cH-]ccc2c1.c1ccc2[cH-]ccc2c1. The van der Waals surface area contributed by atoms with Crippen molar-refractivity contribution >= 4 is 31.8 Å². The molecule has 0 heterocycles. The molecule has 0 aromatic heterocycles. The molecule has 0 bridgehead atoms. The van der Waals surface area contributed by atoms with Crippen LogP contribution in [0.2, 0.25) is 6.55 Å². The summed E-state index contributed by atoms with van der Waals surface area (Å²) in [5.41, 5.74) is 0. The van der Waals surface area contributed by atoms with Gasteiger partial charge in [0.15, 0.2) is 0 Å². The second-order valence-electron chi connectivity index (χ2n) is 4.31. The van der Waals surface area contributed by atoms with Crippen molar-refractivity contribution in [1.82, 2.24) is 0 Å². The van der Waals surface area contributed by atoms with Crippen molar-refractivity contribution in [2.75, 3.05) is 0 Å². The Hall–Kier alpha value is -1.25. The fourth-order valence-corrected chi connectivity index (χ4v) is 2.14. The fourth-order valence-electron chi connectivity index (χ4n) is 2.14. The van der Waals surface area contributed by atoms with E-state index in [1.807, 2.05) is 0 Å². The van der Waals surface area contributed by atoms with Gasteiger partial charge in [0, 0.05) is 10.2 Å². The van der Waals surface area contributed by atoms with E-state index in [0.29, 0.717) is 0 Å². The molecule has 0 atom stereocenters. The molecule has 0 saturated carbocycles. The van der Waals surface area contributed by atoms with Gasteiger partial charge in [0.2, 0.25) is 0 Å². The Labute approximate surface area is 163 Å². The normalized spacial score (nSPS) is 8.26. The van der Waals surface area contributed by atoms with Crippen LogP contribution in [0.4, 0.5) is 0 Å². The summed E-state index contributed by atoms with van der Waals surface area (Å²) in [7, 11) is 2.97. The van der Waals surface area contributed by atoms with Gasteiger partial charge in [-0.3, -0.25) is 0 Å². The molecule has 115 valence electrons. The van der Waals surface area contributed by atoms with E-state index < -0.39 is 0 Å². The van der Waals surface area contributed by atoms with Gasteiger partial charge in [-0.25, -0.2) is 0 Å². The average Bonchev–Trinajstić information content (AvgIpc) is 3.18. The average molecular weight is 482 g/mol. The van der Waals surface area contributed by atoms with Crippen LogP contribution in [0.3, 0.4) is 0 Å². The summed E-state index contributed by atoms with van der Waals surface area (Å²) in [5.74, 6) is 0. The zero-order valence-corrected chi connectivity index (χ0v) is 18.7. The van der Waals surface area contributed by atoms with Crippen LogP contribution in [0.25, 0.3) is 21.5 Å². The topological polar surface area (TPSA) is 0 Å². The van der Waals surface area contributed by atoms with E-state index in [1.54, 1.807) is 6.55 Å². The van der Waals surface area contributed by atoms with E-state index in [1.165, 1.54) is 21.5 Å². The van der Waals surface area contributed by atoms with Crippen LogP contribution in [0, 0.1) is 14.9 Å². The molecule has 0 spiro atoms. The summed E-state index contributed by atoms with van der Waals surface area (Å²) in [4.78, 5) is 0. The molecule has 0 amide bonds. The standard InChI is InChI=1S/2C9H7.CH3Si.2CH3.Hf/c2*1-2-5-9-7-3-6-8(9)4-1;1-2;;;/h2*1-7H;1H3;2*1H3;/q2*-1;;2*-1;+4. The van der Waals surface area contributed by atoms with E-state index in [9.17, 15) is 0 Å². The van der Waals surface area contributed by atoms with Gasteiger partial charge in [0.1, 0.15) is 0 Å². The fraction of sp³-hybridized carbons (Fsp3) is 0.0476. The molecule has 0 aliphatic heterocycles. The Kier molecular flexibility index (Phi) is 13.8. The molecule has 0 nitrogen and oxygen atoms in total. The van der Waals surface area contributed by atoms with Crippen molar-refractivity contribution < 1.29 is 25.8 Å². The first-order valence-corrected chi connectivity index (χ1v) is 7.64. The van der Waals surface area contributed by atoms with E-state index in [-0.39, 0.29) is 40.7 Å². The Balaban J connectivity index is 0. The van der Waals surface area contributed by atoms with Crippen molar-refractivity contribution in [2.24, 2.45) is 0 Å². The third-order valence-electron chi connectivity index (χ3n) is 3.10. The molecule has 4 aromatic carbocycles. The van der Waals surface area contributed by atoms with Crippen molar-refractivity contribution in [3.63, 3.8) is 0 Å². The minimum absolute atomic E-state index is 0. The zero-order chi connectivity index (χ0) is 14.2. The molecule has 23 heavy (non-hydrogen) atoms. The monoisotopic (exact) mass is 483 g/mol. The van der Waals surface area contributed by atoms with Gasteiger partial charge in [-0.1, -0.05) is 18.7 Å². The van der Waals surface area contributed by atoms with Crippen LogP contribution in [-0.4, -0.2) is 10.2 Å². The summed E-state index contributed by atoms with van der Waals surface area (Å²) >= 11 is 0. The maximum atomic E-state index is 2.97. The number of hydrogen-bond donors (Lipinski definition) is 0. The van der Waals surface area contributed by atoms with E-state index >= 15 is 0 Å². The molecule has 3 radical (unpaired) electrons. The minimum atomic E-state index is 0. The Bertz CT molecular complexity index is 626. The van der Waals surface area contributed by atoms with E-state index in [4.69, 9.17) is 0 Å². The van der Waals surface area contributed by atoms with Gasteiger partial charge in [-0.05, 0) is 0 Å². The van der Waals surface area contributed by atoms with Crippen LogP contribution < -0.4 is 0 Å². The first-order chi connectivity index (χ1) is 9.93. The molecule has 4 aromatic rings. The minimum Gasteiger partial charge on any atom is -0.358 e. The van der Waals surface area contributed by atoms with Crippen LogP contribution in [0.1, 0.15) is 0 Å². The third kappa shape index (κ3) is 6.80. The predicted octanol–water partition coefficient (Wildman–Crippen LogP) is 6.22. The molecular weight excluding hydrogens is 459 g/mol. The Morgan fingerprint density at radius 1 is 0.609 bits per heavy atom. The van der Waals surface area contributed by atoms with Crippen molar-refractivity contribution in [2.45, 2.75) is 6.55 Å². The quantitative estimate of drug-likeness (QED) is 0.207. The number of rotatable bonds is 0. The molecule has 4 rings (SSSR count). The summed E-state index contributed by atoms with van der Waals surface area (Å²) in [6.07, 6.45) is 0. The second kappa shape index (κ2) is 13.2. The van der Waals surface area contributed by atoms with Crippen LogP contribution in [-0.2, 0) is 25.8 Å². The molecule has 0 aliphatic rings. The maximum absolute atomic E-state index is 2.97. The predicted molar refractivity (Wildman–Crippen MR) is 104 cm³/mol. The summed E-state index contributed by atoms with van der Waals surface area (Å²) in [5, 5.41) is 5.32. The van der Waals surface area contributed by atoms with Crippen LogP contribution >= 0.6 is 0 Å². The van der Waals surface area contributed by atoms with Crippen molar-refractivity contribution in [3.05, 3.63) is 99.8 Å². The van der Waals surface area contributed by atoms with Crippen molar-refractivity contribution in [1.29, 1.82) is 0 Å². The second-order valence-corrected chi connectivity index (χ2v) is 4.31. The molecule has 0 unspecified atom stereocenters. The van der Waals surface area contributed by atoms with Gasteiger partial charge in [0.25, 0.3) is 0 Å². The molecule has 0 saturated heterocycles. The first-order valence-electron chi connectivity index (χ1n) is 6.64. The van der Waals surface area contributed by atoms with Crippen molar-refractivity contribution in [3.8, 4) is 0 Å². The molecule has 0 N–H and O–H groups in total. The summed E-state index contributed by atoms with van der Waals surface area (Å²) in [6.45, 7) is 1.81. The van der Waals surface area contributed by atoms with Crippen LogP contribution in [0.15, 0.2) is 84.9 Å². The van der Waals surface area contributed by atoms with Crippen LogP contribution in [0.5, 0.6) is 0 Å². The number of benzene rings is 2.